The summed E-state index contributed by atoms with van der Waals surface area (Å²) >= 11 is 0. The first-order chi connectivity index (χ1) is 8.19. The molecule has 0 amide bonds. The lowest BCUT2D eigenvalue weighted by Crippen LogP contribution is -2.03. The van der Waals surface area contributed by atoms with Crippen molar-refractivity contribution in [3.63, 3.8) is 0 Å². The van der Waals surface area contributed by atoms with Crippen LogP contribution >= 0.6 is 0 Å². The second-order valence-corrected chi connectivity index (χ2v) is 3.78. The average Bonchev–Trinajstić information content (AvgIpc) is 2.34. The minimum absolute atomic E-state index is 0.0426. The van der Waals surface area contributed by atoms with Gasteiger partial charge in [-0.15, -0.1) is 0 Å². The highest BCUT2D eigenvalue weighted by molar-refractivity contribution is 5.60. The molecule has 0 radical (unpaired) electrons. The molecule has 0 unspecified atom stereocenters. The van der Waals surface area contributed by atoms with Gasteiger partial charge in [0.05, 0.1) is 23.8 Å². The molecule has 0 saturated heterocycles. The van der Waals surface area contributed by atoms with Crippen molar-refractivity contribution in [3.05, 3.63) is 28.3 Å². The van der Waals surface area contributed by atoms with Crippen LogP contribution in [-0.4, -0.2) is 18.6 Å². The Kier molecular flexibility index (Phi) is 5.26. The third-order valence-electron chi connectivity index (χ3n) is 2.49. The van der Waals surface area contributed by atoms with Gasteiger partial charge in [-0.25, -0.2) is 0 Å². The van der Waals surface area contributed by atoms with Crippen molar-refractivity contribution in [2.45, 2.75) is 26.2 Å². The number of rotatable bonds is 7. The fourth-order valence-electron chi connectivity index (χ4n) is 1.54. The van der Waals surface area contributed by atoms with Crippen LogP contribution in [0.5, 0.6) is 5.75 Å². The van der Waals surface area contributed by atoms with Gasteiger partial charge in [0.15, 0.2) is 0 Å². The van der Waals surface area contributed by atoms with Gasteiger partial charge >= 0.3 is 0 Å². The number of nitrogens with one attached hydrogen (secondary N) is 1. The monoisotopic (exact) mass is 238 g/mol. The molecule has 1 aromatic carbocycles. The Morgan fingerprint density at radius 3 is 2.76 bits per heavy atom. The van der Waals surface area contributed by atoms with Crippen LogP contribution in [-0.2, 0) is 0 Å². The van der Waals surface area contributed by atoms with E-state index in [9.17, 15) is 10.1 Å². The van der Waals surface area contributed by atoms with E-state index in [4.69, 9.17) is 4.74 Å². The van der Waals surface area contributed by atoms with Gasteiger partial charge in [-0.1, -0.05) is 19.8 Å². The molecule has 0 bridgehead atoms. The van der Waals surface area contributed by atoms with E-state index in [0.29, 0.717) is 5.75 Å². The molecule has 0 fully saturated rings. The predicted molar refractivity (Wildman–Crippen MR) is 67.7 cm³/mol. The maximum Gasteiger partial charge on any atom is 0.273 e. The maximum atomic E-state index is 10.6. The molecule has 0 heterocycles. The summed E-state index contributed by atoms with van der Waals surface area (Å²) in [5.74, 6) is 0.510. The summed E-state index contributed by atoms with van der Waals surface area (Å²) < 4.78 is 5.13. The summed E-state index contributed by atoms with van der Waals surface area (Å²) in [5, 5.41) is 13.8. The standard InChI is InChI=1S/C12H18N2O3/c1-3-4-5-8-13-11-7-6-10(14(15)16)9-12(11)17-2/h6-7,9,13H,3-5,8H2,1-2H3. The van der Waals surface area contributed by atoms with E-state index < -0.39 is 4.92 Å². The number of hydrogen-bond acceptors (Lipinski definition) is 4. The van der Waals surface area contributed by atoms with Crippen molar-refractivity contribution in [1.82, 2.24) is 0 Å². The normalized spacial score (nSPS) is 10.0. The summed E-state index contributed by atoms with van der Waals surface area (Å²) in [4.78, 5) is 10.2. The Labute approximate surface area is 101 Å². The van der Waals surface area contributed by atoms with Crippen LogP contribution in [0.4, 0.5) is 11.4 Å². The van der Waals surface area contributed by atoms with E-state index in [1.165, 1.54) is 32.1 Å². The van der Waals surface area contributed by atoms with E-state index in [1.54, 1.807) is 6.07 Å². The van der Waals surface area contributed by atoms with Crippen molar-refractivity contribution in [2.24, 2.45) is 0 Å². The van der Waals surface area contributed by atoms with Crippen molar-refractivity contribution in [1.29, 1.82) is 0 Å². The van der Waals surface area contributed by atoms with Gasteiger partial charge < -0.3 is 10.1 Å². The molecule has 1 N–H and O–H groups in total. The number of methoxy groups -OCH3 is 1. The van der Waals surface area contributed by atoms with E-state index in [1.807, 2.05) is 0 Å². The van der Waals surface area contributed by atoms with Gasteiger partial charge in [-0.3, -0.25) is 10.1 Å². The number of hydrogen-bond donors (Lipinski definition) is 1. The first-order valence-electron chi connectivity index (χ1n) is 5.75. The van der Waals surface area contributed by atoms with E-state index in [2.05, 4.69) is 12.2 Å². The molecule has 17 heavy (non-hydrogen) atoms. The molecule has 0 atom stereocenters. The second-order valence-electron chi connectivity index (χ2n) is 3.78. The zero-order valence-electron chi connectivity index (χ0n) is 10.2. The predicted octanol–water partition coefficient (Wildman–Crippen LogP) is 3.21. The highest BCUT2D eigenvalue weighted by Crippen LogP contribution is 2.28. The molecule has 0 aromatic heterocycles. The van der Waals surface area contributed by atoms with Crippen LogP contribution in [0.15, 0.2) is 18.2 Å². The lowest BCUT2D eigenvalue weighted by atomic mass is 10.2. The number of unbranched alkanes of at least 4 members (excludes halogenated alkanes) is 2. The van der Waals surface area contributed by atoms with Crippen LogP contribution in [0.3, 0.4) is 0 Å². The molecule has 0 aliphatic rings. The van der Waals surface area contributed by atoms with Gasteiger partial charge in [-0.2, -0.15) is 0 Å². The number of nitro groups is 1. The third-order valence-corrected chi connectivity index (χ3v) is 2.49. The van der Waals surface area contributed by atoms with E-state index >= 15 is 0 Å². The molecule has 1 rings (SSSR count). The second kappa shape index (κ2) is 6.73. The van der Waals surface area contributed by atoms with Crippen molar-refractivity contribution in [2.75, 3.05) is 19.0 Å². The zero-order valence-corrected chi connectivity index (χ0v) is 10.2. The Hall–Kier alpha value is -1.78. The molecule has 0 saturated carbocycles. The maximum absolute atomic E-state index is 10.6. The van der Waals surface area contributed by atoms with Gasteiger partial charge in [0.25, 0.3) is 5.69 Å². The number of benzene rings is 1. The molecule has 0 spiro atoms. The topological polar surface area (TPSA) is 64.4 Å². The highest BCUT2D eigenvalue weighted by Gasteiger charge is 2.10. The van der Waals surface area contributed by atoms with Gasteiger partial charge in [0.1, 0.15) is 5.75 Å². The molecular weight excluding hydrogens is 220 g/mol. The quantitative estimate of drug-likeness (QED) is 0.450. The summed E-state index contributed by atoms with van der Waals surface area (Å²) in [7, 11) is 1.51. The van der Waals surface area contributed by atoms with Crippen molar-refractivity contribution in [3.8, 4) is 5.75 Å². The number of ether oxygens (including phenoxy) is 1. The summed E-state index contributed by atoms with van der Waals surface area (Å²) in [6.07, 6.45) is 3.41. The molecular formula is C12H18N2O3. The first kappa shape index (κ1) is 13.3. The van der Waals surface area contributed by atoms with Crippen molar-refractivity contribution >= 4 is 11.4 Å². The minimum Gasteiger partial charge on any atom is -0.494 e. The lowest BCUT2D eigenvalue weighted by molar-refractivity contribution is -0.384. The van der Waals surface area contributed by atoms with Crippen LogP contribution in [0.1, 0.15) is 26.2 Å². The van der Waals surface area contributed by atoms with Gasteiger partial charge in [0, 0.05) is 12.6 Å². The lowest BCUT2D eigenvalue weighted by Gasteiger charge is -2.10. The minimum atomic E-state index is -0.427. The van der Waals surface area contributed by atoms with Crippen LogP contribution in [0.2, 0.25) is 0 Å². The molecule has 94 valence electrons. The summed E-state index contributed by atoms with van der Waals surface area (Å²) in [6.45, 7) is 2.99. The Bertz CT molecular complexity index is 380. The Morgan fingerprint density at radius 1 is 1.41 bits per heavy atom. The molecule has 0 aliphatic carbocycles. The molecule has 1 aromatic rings. The Balaban J connectivity index is 2.68. The molecule has 0 aliphatic heterocycles. The van der Waals surface area contributed by atoms with E-state index in [0.717, 1.165) is 18.7 Å². The molecule has 5 heteroatoms. The smallest absolute Gasteiger partial charge is 0.273 e. The molecule has 5 nitrogen and oxygen atoms in total. The number of anilines is 1. The van der Waals surface area contributed by atoms with E-state index in [-0.39, 0.29) is 5.69 Å². The van der Waals surface area contributed by atoms with Crippen LogP contribution < -0.4 is 10.1 Å². The SMILES string of the molecule is CCCCCNc1ccc([N+](=O)[O-])cc1OC. The summed E-state index contributed by atoms with van der Waals surface area (Å²) in [6, 6.07) is 4.59. The highest BCUT2D eigenvalue weighted by atomic mass is 16.6. The number of non-ortho nitro benzene ring substituents is 1. The Morgan fingerprint density at radius 2 is 2.18 bits per heavy atom. The zero-order chi connectivity index (χ0) is 12.7. The van der Waals surface area contributed by atoms with Crippen molar-refractivity contribution < 1.29 is 9.66 Å². The number of nitro benzene ring substituents is 1. The number of nitrogens with zero attached hydrogens (tertiary/aromatic N) is 1. The van der Waals surface area contributed by atoms with Gasteiger partial charge in [0.2, 0.25) is 0 Å². The van der Waals surface area contributed by atoms with Crippen LogP contribution in [0.25, 0.3) is 0 Å². The summed E-state index contributed by atoms with van der Waals surface area (Å²) in [5.41, 5.74) is 0.843. The first-order valence-corrected chi connectivity index (χ1v) is 5.75. The average molecular weight is 238 g/mol. The largest absolute Gasteiger partial charge is 0.494 e. The fraction of sp³-hybridized carbons (Fsp3) is 0.500. The third kappa shape index (κ3) is 3.94. The van der Waals surface area contributed by atoms with Gasteiger partial charge in [-0.05, 0) is 12.5 Å². The fourth-order valence-corrected chi connectivity index (χ4v) is 1.54. The van der Waals surface area contributed by atoms with Crippen LogP contribution in [0, 0.1) is 10.1 Å².